The largest absolute Gasteiger partial charge is 0.494 e. The molecule has 1 aromatic heterocycles. The van der Waals surface area contributed by atoms with Crippen LogP contribution < -0.4 is 15.0 Å². The maximum absolute atomic E-state index is 12.8. The summed E-state index contributed by atoms with van der Waals surface area (Å²) in [7, 11) is 0. The molecule has 0 atom stereocenters. The minimum atomic E-state index is -4.49. The molecule has 10 heteroatoms. The molecule has 0 unspecified atom stereocenters. The summed E-state index contributed by atoms with van der Waals surface area (Å²) in [6.07, 6.45) is -3.04. The van der Waals surface area contributed by atoms with E-state index in [-0.39, 0.29) is 11.1 Å². The zero-order valence-corrected chi connectivity index (χ0v) is 17.8. The van der Waals surface area contributed by atoms with Crippen molar-refractivity contribution in [2.24, 2.45) is 0 Å². The fourth-order valence-corrected chi connectivity index (χ4v) is 3.50. The van der Waals surface area contributed by atoms with Gasteiger partial charge in [-0.2, -0.15) is 13.2 Å². The number of amides is 2. The lowest BCUT2D eigenvalue weighted by Crippen LogP contribution is -2.52. The number of carbonyl (C=O) groups excluding carboxylic acids is 1. The Morgan fingerprint density at radius 1 is 1.23 bits per heavy atom. The van der Waals surface area contributed by atoms with Gasteiger partial charge in [-0.25, -0.2) is 9.78 Å². The lowest BCUT2D eigenvalue weighted by atomic mass is 10.2. The van der Waals surface area contributed by atoms with E-state index < -0.39 is 11.7 Å². The molecule has 31 heavy (non-hydrogen) atoms. The molecule has 2 aromatic rings. The minimum absolute atomic E-state index is 0.0543. The molecule has 0 saturated carbocycles. The van der Waals surface area contributed by atoms with Crippen molar-refractivity contribution < 1.29 is 22.7 Å². The number of hydrogen-bond donors (Lipinski definition) is 1. The molecule has 0 bridgehead atoms. The molecular weight excluding hydrogens is 433 g/mol. The van der Waals surface area contributed by atoms with Gasteiger partial charge >= 0.3 is 12.2 Å². The molecule has 2 heterocycles. The number of carbonyl (C=O) groups is 1. The third-order valence-corrected chi connectivity index (χ3v) is 5.15. The van der Waals surface area contributed by atoms with Crippen molar-refractivity contribution in [1.82, 2.24) is 15.2 Å². The van der Waals surface area contributed by atoms with E-state index in [1.807, 2.05) is 31.2 Å². The van der Waals surface area contributed by atoms with Crippen LogP contribution in [0, 0.1) is 6.92 Å². The number of hydrogen-bond acceptors (Lipinski definition) is 4. The highest BCUT2D eigenvalue weighted by Crippen LogP contribution is 2.33. The van der Waals surface area contributed by atoms with Crippen LogP contribution in [0.15, 0.2) is 36.5 Å². The van der Waals surface area contributed by atoms with Crippen LogP contribution in [0.2, 0.25) is 5.02 Å². The second kappa shape index (κ2) is 10.1. The van der Waals surface area contributed by atoms with E-state index in [0.29, 0.717) is 51.6 Å². The average molecular weight is 457 g/mol. The molecule has 168 valence electrons. The van der Waals surface area contributed by atoms with Crippen LogP contribution in [-0.2, 0) is 6.18 Å². The number of pyridine rings is 1. The van der Waals surface area contributed by atoms with Crippen LogP contribution >= 0.6 is 11.6 Å². The number of ether oxygens (including phenoxy) is 1. The Balaban J connectivity index is 1.39. The van der Waals surface area contributed by atoms with Gasteiger partial charge in [-0.1, -0.05) is 23.7 Å². The van der Waals surface area contributed by atoms with Gasteiger partial charge < -0.3 is 19.9 Å². The van der Waals surface area contributed by atoms with E-state index in [1.165, 1.54) is 0 Å². The highest BCUT2D eigenvalue weighted by molar-refractivity contribution is 6.33. The van der Waals surface area contributed by atoms with Crippen molar-refractivity contribution in [2.45, 2.75) is 19.5 Å². The third kappa shape index (κ3) is 6.40. The molecule has 0 spiro atoms. The van der Waals surface area contributed by atoms with Gasteiger partial charge in [0.1, 0.15) is 11.6 Å². The number of aryl methyl sites for hydroxylation is 1. The number of piperazine rings is 1. The number of halogens is 4. The van der Waals surface area contributed by atoms with Crippen molar-refractivity contribution in [3.05, 3.63) is 52.7 Å². The van der Waals surface area contributed by atoms with E-state index in [4.69, 9.17) is 16.3 Å². The molecule has 6 nitrogen and oxygen atoms in total. The highest BCUT2D eigenvalue weighted by Gasteiger charge is 2.32. The van der Waals surface area contributed by atoms with Gasteiger partial charge in [-0.15, -0.1) is 0 Å². The molecule has 0 aliphatic carbocycles. The molecule has 3 rings (SSSR count). The highest BCUT2D eigenvalue weighted by atomic mass is 35.5. The summed E-state index contributed by atoms with van der Waals surface area (Å²) in [4.78, 5) is 19.7. The van der Waals surface area contributed by atoms with Crippen LogP contribution in [0.5, 0.6) is 5.75 Å². The Kier molecular flexibility index (Phi) is 7.48. The summed E-state index contributed by atoms with van der Waals surface area (Å²) in [6.45, 7) is 4.68. The van der Waals surface area contributed by atoms with E-state index >= 15 is 0 Å². The molecule has 1 aliphatic rings. The van der Waals surface area contributed by atoms with Gasteiger partial charge in [0.15, 0.2) is 0 Å². The summed E-state index contributed by atoms with van der Waals surface area (Å²) < 4.78 is 43.9. The first-order valence-electron chi connectivity index (χ1n) is 9.94. The minimum Gasteiger partial charge on any atom is -0.494 e. The number of urea groups is 1. The molecular formula is C21H24ClF3N4O2. The second-order valence-corrected chi connectivity index (χ2v) is 7.66. The van der Waals surface area contributed by atoms with Gasteiger partial charge in [0.25, 0.3) is 0 Å². The third-order valence-electron chi connectivity index (χ3n) is 4.87. The molecule has 2 amide bonds. The number of aromatic nitrogens is 1. The van der Waals surface area contributed by atoms with Crippen LogP contribution in [-0.4, -0.2) is 55.2 Å². The van der Waals surface area contributed by atoms with Crippen molar-refractivity contribution in [1.29, 1.82) is 0 Å². The normalized spacial score (nSPS) is 14.5. The zero-order chi connectivity index (χ0) is 22.4. The summed E-state index contributed by atoms with van der Waals surface area (Å²) in [5, 5.41) is 2.81. The van der Waals surface area contributed by atoms with E-state index in [9.17, 15) is 18.0 Å². The quantitative estimate of drug-likeness (QED) is 0.656. The number of rotatable bonds is 6. The van der Waals surface area contributed by atoms with Gasteiger partial charge in [-0.05, 0) is 37.1 Å². The molecule has 0 radical (unpaired) electrons. The van der Waals surface area contributed by atoms with Gasteiger partial charge in [0, 0.05) is 38.9 Å². The van der Waals surface area contributed by atoms with E-state index in [1.54, 1.807) is 9.80 Å². The Hall–Kier alpha value is -2.68. The molecule has 1 aromatic carbocycles. The Labute approximate surface area is 183 Å². The number of benzene rings is 1. The monoisotopic (exact) mass is 456 g/mol. The molecule has 1 aliphatic heterocycles. The van der Waals surface area contributed by atoms with E-state index in [2.05, 4.69) is 10.3 Å². The van der Waals surface area contributed by atoms with Crippen molar-refractivity contribution in [3.8, 4) is 5.75 Å². The summed E-state index contributed by atoms with van der Waals surface area (Å²) >= 11 is 6.01. The fourth-order valence-electron chi connectivity index (χ4n) is 3.21. The van der Waals surface area contributed by atoms with Crippen molar-refractivity contribution in [3.63, 3.8) is 0 Å². The van der Waals surface area contributed by atoms with Crippen LogP contribution in [0.25, 0.3) is 0 Å². The fraction of sp³-hybridized carbons (Fsp3) is 0.429. The SMILES string of the molecule is Cc1cccc(OCCCNC(=O)N2CCN(c3ncc(C(F)(F)F)cc3Cl)CC2)c1. The first-order chi connectivity index (χ1) is 14.7. The average Bonchev–Trinajstić information content (AvgIpc) is 2.73. The lowest BCUT2D eigenvalue weighted by Gasteiger charge is -2.35. The zero-order valence-electron chi connectivity index (χ0n) is 17.1. The summed E-state index contributed by atoms with van der Waals surface area (Å²) in [6, 6.07) is 8.47. The maximum Gasteiger partial charge on any atom is 0.417 e. The van der Waals surface area contributed by atoms with E-state index in [0.717, 1.165) is 23.6 Å². The van der Waals surface area contributed by atoms with Gasteiger partial charge in [-0.3, -0.25) is 0 Å². The predicted molar refractivity (Wildman–Crippen MR) is 113 cm³/mol. The number of nitrogens with one attached hydrogen (secondary N) is 1. The Morgan fingerprint density at radius 3 is 2.61 bits per heavy atom. The first kappa shape index (κ1) is 23.0. The van der Waals surface area contributed by atoms with Crippen molar-refractivity contribution in [2.75, 3.05) is 44.2 Å². The summed E-state index contributed by atoms with van der Waals surface area (Å²) in [5.74, 6) is 1.10. The van der Waals surface area contributed by atoms with Crippen LogP contribution in [0.3, 0.4) is 0 Å². The molecule has 1 fully saturated rings. The Morgan fingerprint density at radius 2 is 1.97 bits per heavy atom. The molecule has 1 N–H and O–H groups in total. The van der Waals surface area contributed by atoms with Gasteiger partial charge in [0.2, 0.25) is 0 Å². The second-order valence-electron chi connectivity index (χ2n) is 7.25. The first-order valence-corrected chi connectivity index (χ1v) is 10.3. The molecule has 1 saturated heterocycles. The number of alkyl halides is 3. The standard InChI is InChI=1S/C21H24ClF3N4O2/c1-15-4-2-5-17(12-15)31-11-3-6-26-20(30)29-9-7-28(8-10-29)19-18(22)13-16(14-27-19)21(23,24)25/h2,4-5,12-14H,3,6-11H2,1H3,(H,26,30). The Bertz CT molecular complexity index is 902. The van der Waals surface area contributed by atoms with Crippen molar-refractivity contribution >= 4 is 23.4 Å². The predicted octanol–water partition coefficient (Wildman–Crippen LogP) is 4.36. The van der Waals surface area contributed by atoms with Crippen LogP contribution in [0.1, 0.15) is 17.5 Å². The summed E-state index contributed by atoms with van der Waals surface area (Å²) in [5.41, 5.74) is 0.239. The smallest absolute Gasteiger partial charge is 0.417 e. The topological polar surface area (TPSA) is 57.7 Å². The number of anilines is 1. The van der Waals surface area contributed by atoms with Crippen LogP contribution in [0.4, 0.5) is 23.8 Å². The van der Waals surface area contributed by atoms with Gasteiger partial charge in [0.05, 0.1) is 17.2 Å². The lowest BCUT2D eigenvalue weighted by molar-refractivity contribution is -0.137. The number of nitrogens with zero attached hydrogens (tertiary/aromatic N) is 3. The maximum atomic E-state index is 12.8.